The molecule has 1 fully saturated rings. The Balaban J connectivity index is 1.65. The van der Waals surface area contributed by atoms with Gasteiger partial charge in [-0.2, -0.15) is 0 Å². The number of aromatic nitrogens is 1. The summed E-state index contributed by atoms with van der Waals surface area (Å²) in [5.74, 6) is -0.00547. The second-order valence-corrected chi connectivity index (χ2v) is 5.70. The number of carbonyl (C=O) groups excluding carboxylic acids is 1. The molecular formula is C16H21N3O. The van der Waals surface area contributed by atoms with Gasteiger partial charge in [0.05, 0.1) is 11.1 Å². The topological polar surface area (TPSA) is 48.1 Å². The Morgan fingerprint density at radius 3 is 3.00 bits per heavy atom. The summed E-state index contributed by atoms with van der Waals surface area (Å²) in [6.45, 7) is 2.84. The summed E-state index contributed by atoms with van der Waals surface area (Å²) in [7, 11) is 2.14. The number of nitrogens with zero attached hydrogens (tertiary/aromatic N) is 1. The molecule has 20 heavy (non-hydrogen) atoms. The lowest BCUT2D eigenvalue weighted by atomic mass is 10.1. The zero-order chi connectivity index (χ0) is 14.1. The Morgan fingerprint density at radius 2 is 2.25 bits per heavy atom. The average Bonchev–Trinajstić information content (AvgIpc) is 3.20. The molecule has 0 spiro atoms. The van der Waals surface area contributed by atoms with Gasteiger partial charge in [-0.3, -0.25) is 9.69 Å². The normalized spacial score (nSPS) is 16.6. The van der Waals surface area contributed by atoms with E-state index in [9.17, 15) is 4.79 Å². The molecule has 1 amide bonds. The van der Waals surface area contributed by atoms with Gasteiger partial charge in [-0.15, -0.1) is 0 Å². The van der Waals surface area contributed by atoms with E-state index in [1.807, 2.05) is 30.5 Å². The first-order valence-corrected chi connectivity index (χ1v) is 7.23. The van der Waals surface area contributed by atoms with Crippen molar-refractivity contribution in [1.82, 2.24) is 15.2 Å². The average molecular weight is 271 g/mol. The molecule has 0 saturated heterocycles. The number of rotatable bonds is 5. The van der Waals surface area contributed by atoms with Crippen LogP contribution in [0.15, 0.2) is 30.5 Å². The van der Waals surface area contributed by atoms with E-state index in [0.29, 0.717) is 24.2 Å². The summed E-state index contributed by atoms with van der Waals surface area (Å²) in [5, 5.41) is 4.11. The quantitative estimate of drug-likeness (QED) is 0.877. The van der Waals surface area contributed by atoms with Gasteiger partial charge in [0.15, 0.2) is 0 Å². The molecule has 1 aliphatic carbocycles. The van der Waals surface area contributed by atoms with Crippen LogP contribution in [0, 0.1) is 0 Å². The largest absolute Gasteiger partial charge is 0.361 e. The number of carbonyl (C=O) groups is 1. The predicted molar refractivity (Wildman–Crippen MR) is 80.9 cm³/mol. The molecule has 3 rings (SSSR count). The third kappa shape index (κ3) is 2.56. The van der Waals surface area contributed by atoms with E-state index in [1.54, 1.807) is 0 Å². The third-order valence-corrected chi connectivity index (χ3v) is 4.21. The number of fused-ring (bicyclic) bond motifs is 1. The zero-order valence-corrected chi connectivity index (χ0v) is 12.0. The second kappa shape index (κ2) is 5.29. The summed E-state index contributed by atoms with van der Waals surface area (Å²) in [5.41, 5.74) is 1.63. The number of amides is 1. The molecule has 4 heteroatoms. The van der Waals surface area contributed by atoms with E-state index >= 15 is 0 Å². The van der Waals surface area contributed by atoms with Gasteiger partial charge >= 0.3 is 0 Å². The third-order valence-electron chi connectivity index (χ3n) is 4.21. The van der Waals surface area contributed by atoms with Crippen LogP contribution in [0.25, 0.3) is 10.9 Å². The molecule has 2 aromatic rings. The highest BCUT2D eigenvalue weighted by molar-refractivity contribution is 6.05. The summed E-state index contributed by atoms with van der Waals surface area (Å²) >= 11 is 0. The van der Waals surface area contributed by atoms with Crippen molar-refractivity contribution in [3.05, 3.63) is 36.0 Å². The lowest BCUT2D eigenvalue weighted by Crippen LogP contribution is -2.41. The number of hydrogen-bond donors (Lipinski definition) is 2. The molecular weight excluding hydrogens is 250 g/mol. The Bertz CT molecular complexity index is 615. The van der Waals surface area contributed by atoms with Crippen LogP contribution in [0.2, 0.25) is 0 Å². The molecule has 4 nitrogen and oxygen atoms in total. The second-order valence-electron chi connectivity index (χ2n) is 5.70. The Labute approximate surface area is 119 Å². The molecule has 1 saturated carbocycles. The van der Waals surface area contributed by atoms with Crippen molar-refractivity contribution < 1.29 is 4.79 Å². The van der Waals surface area contributed by atoms with Gasteiger partial charge in [0.2, 0.25) is 0 Å². The smallest absolute Gasteiger partial charge is 0.253 e. The van der Waals surface area contributed by atoms with Crippen molar-refractivity contribution >= 4 is 16.8 Å². The molecule has 0 aliphatic heterocycles. The minimum atomic E-state index is -0.00547. The number of hydrogen-bond acceptors (Lipinski definition) is 2. The molecule has 0 bridgehead atoms. The lowest BCUT2D eigenvalue weighted by molar-refractivity contribution is 0.0941. The lowest BCUT2D eigenvalue weighted by Gasteiger charge is -2.24. The molecule has 1 atom stereocenters. The van der Waals surface area contributed by atoms with E-state index in [1.165, 1.54) is 12.8 Å². The number of para-hydroxylation sites is 1. The molecule has 1 heterocycles. The van der Waals surface area contributed by atoms with Gasteiger partial charge in [-0.1, -0.05) is 12.1 Å². The first-order chi connectivity index (χ1) is 9.66. The minimum absolute atomic E-state index is 0.00547. The number of likely N-dealkylation sites (N-methyl/N-ethyl adjacent to an activating group) is 1. The molecule has 106 valence electrons. The number of aromatic amines is 1. The Hall–Kier alpha value is -1.81. The zero-order valence-electron chi connectivity index (χ0n) is 12.0. The highest BCUT2D eigenvalue weighted by Crippen LogP contribution is 2.26. The van der Waals surface area contributed by atoms with Crippen LogP contribution in [0.1, 0.15) is 30.1 Å². The molecule has 1 unspecified atom stereocenters. The number of nitrogens with one attached hydrogen (secondary N) is 2. The van der Waals surface area contributed by atoms with E-state index in [4.69, 9.17) is 0 Å². The van der Waals surface area contributed by atoms with Crippen LogP contribution in [-0.4, -0.2) is 41.5 Å². The van der Waals surface area contributed by atoms with Crippen LogP contribution in [-0.2, 0) is 0 Å². The van der Waals surface area contributed by atoms with Crippen LogP contribution < -0.4 is 5.32 Å². The summed E-state index contributed by atoms with van der Waals surface area (Å²) in [6.07, 6.45) is 4.44. The minimum Gasteiger partial charge on any atom is -0.361 e. The number of H-pyrrole nitrogens is 1. The molecule has 1 aromatic carbocycles. The molecule has 2 N–H and O–H groups in total. The van der Waals surface area contributed by atoms with Crippen LogP contribution in [0.4, 0.5) is 0 Å². The van der Waals surface area contributed by atoms with Crippen LogP contribution in [0.3, 0.4) is 0 Å². The Kier molecular flexibility index (Phi) is 3.49. The fourth-order valence-electron chi connectivity index (χ4n) is 2.60. The maximum Gasteiger partial charge on any atom is 0.253 e. The van der Waals surface area contributed by atoms with Crippen molar-refractivity contribution in [2.45, 2.75) is 31.8 Å². The highest BCUT2D eigenvalue weighted by Gasteiger charge is 2.29. The maximum absolute atomic E-state index is 12.3. The fraction of sp³-hybridized carbons (Fsp3) is 0.438. The molecule has 0 radical (unpaired) electrons. The van der Waals surface area contributed by atoms with Crippen molar-refractivity contribution in [2.75, 3.05) is 13.6 Å². The van der Waals surface area contributed by atoms with Gasteiger partial charge in [0, 0.05) is 30.2 Å². The predicted octanol–water partition coefficient (Wildman–Crippen LogP) is 2.38. The first kappa shape index (κ1) is 13.2. The van der Waals surface area contributed by atoms with Gasteiger partial charge in [0.1, 0.15) is 0 Å². The number of benzene rings is 1. The summed E-state index contributed by atoms with van der Waals surface area (Å²) in [4.78, 5) is 17.8. The van der Waals surface area contributed by atoms with Gasteiger partial charge in [0.25, 0.3) is 5.91 Å². The monoisotopic (exact) mass is 271 g/mol. The van der Waals surface area contributed by atoms with Crippen molar-refractivity contribution in [2.24, 2.45) is 0 Å². The Morgan fingerprint density at radius 1 is 1.45 bits per heavy atom. The van der Waals surface area contributed by atoms with E-state index in [0.717, 1.165) is 10.9 Å². The van der Waals surface area contributed by atoms with Gasteiger partial charge in [-0.25, -0.2) is 0 Å². The standard InChI is InChI=1S/C16H21N3O/c1-11(19(2)13-6-7-13)10-18-16(20)14-5-3-4-12-8-9-17-15(12)14/h3-5,8-9,11,13,17H,6-7,10H2,1-2H3,(H,18,20). The summed E-state index contributed by atoms with van der Waals surface area (Å²) < 4.78 is 0. The fourth-order valence-corrected chi connectivity index (χ4v) is 2.60. The summed E-state index contributed by atoms with van der Waals surface area (Å²) in [6, 6.07) is 8.86. The van der Waals surface area contributed by atoms with Crippen molar-refractivity contribution in [3.8, 4) is 0 Å². The molecule has 1 aromatic heterocycles. The van der Waals surface area contributed by atoms with Crippen molar-refractivity contribution in [1.29, 1.82) is 0 Å². The molecule has 1 aliphatic rings. The van der Waals surface area contributed by atoms with Crippen molar-refractivity contribution in [3.63, 3.8) is 0 Å². The van der Waals surface area contributed by atoms with Gasteiger partial charge in [-0.05, 0) is 38.9 Å². The SMILES string of the molecule is CC(CNC(=O)c1cccc2cc[nH]c12)N(C)C1CC1. The van der Waals surface area contributed by atoms with Gasteiger partial charge < -0.3 is 10.3 Å². The highest BCUT2D eigenvalue weighted by atomic mass is 16.1. The first-order valence-electron chi connectivity index (χ1n) is 7.23. The van der Waals surface area contributed by atoms with E-state index in [2.05, 4.69) is 29.2 Å². The van der Waals surface area contributed by atoms with E-state index < -0.39 is 0 Å². The van der Waals surface area contributed by atoms with Crippen LogP contribution in [0.5, 0.6) is 0 Å². The van der Waals surface area contributed by atoms with Crippen LogP contribution >= 0.6 is 0 Å². The van der Waals surface area contributed by atoms with E-state index in [-0.39, 0.29) is 5.91 Å². The maximum atomic E-state index is 12.3.